The van der Waals surface area contributed by atoms with Crippen molar-refractivity contribution in [1.82, 2.24) is 0 Å². The van der Waals surface area contributed by atoms with Gasteiger partial charge in [0.2, 0.25) is 0 Å². The molecular weight excluding hydrogens is 321 g/mol. The highest BCUT2D eigenvalue weighted by Gasteiger charge is 2.23. The van der Waals surface area contributed by atoms with Crippen LogP contribution in [-0.4, -0.2) is 18.2 Å². The number of carbonyl (C=O) groups excluding carboxylic acids is 1. The number of phenols is 1. The molecule has 0 saturated carbocycles. The number of halogens is 3. The summed E-state index contributed by atoms with van der Waals surface area (Å²) in [5.74, 6) is -0.814. The Balaban J connectivity index is 0.00000225. The third-order valence-electron chi connectivity index (χ3n) is 1.88. The standard InChI is InChI=1S/C9H9BrClNO3.ClH/c1-15-9(14)7(12)6-5(11)3-2-4(10)8(6)13;/h2-3,7,13H,12H2,1H3;1H/t7-;/m1./s1. The molecule has 1 rings (SSSR count). The van der Waals surface area contributed by atoms with E-state index >= 15 is 0 Å². The van der Waals surface area contributed by atoms with Gasteiger partial charge in [-0.3, -0.25) is 4.79 Å². The number of hydrogen-bond acceptors (Lipinski definition) is 4. The number of hydrogen-bond donors (Lipinski definition) is 2. The largest absolute Gasteiger partial charge is 0.506 e. The summed E-state index contributed by atoms with van der Waals surface area (Å²) in [4.78, 5) is 11.2. The molecule has 0 fully saturated rings. The fourth-order valence-corrected chi connectivity index (χ4v) is 1.71. The van der Waals surface area contributed by atoms with E-state index in [1.54, 1.807) is 6.07 Å². The lowest BCUT2D eigenvalue weighted by molar-refractivity contribution is -0.142. The minimum absolute atomic E-state index is 0. The van der Waals surface area contributed by atoms with Crippen molar-refractivity contribution in [1.29, 1.82) is 0 Å². The quantitative estimate of drug-likeness (QED) is 0.817. The van der Waals surface area contributed by atoms with Gasteiger partial charge < -0.3 is 15.6 Å². The maximum Gasteiger partial charge on any atom is 0.327 e. The number of carbonyl (C=O) groups is 1. The average Bonchev–Trinajstić information content (AvgIpc) is 2.22. The Morgan fingerprint density at radius 1 is 1.62 bits per heavy atom. The minimum atomic E-state index is -1.10. The van der Waals surface area contributed by atoms with Gasteiger partial charge in [-0.15, -0.1) is 12.4 Å². The van der Waals surface area contributed by atoms with Gasteiger partial charge in [0.1, 0.15) is 11.8 Å². The van der Waals surface area contributed by atoms with E-state index < -0.39 is 12.0 Å². The lowest BCUT2D eigenvalue weighted by atomic mass is 10.1. The summed E-state index contributed by atoms with van der Waals surface area (Å²) >= 11 is 8.93. The molecular formula is C9H10BrCl2NO3. The molecule has 1 aromatic rings. The van der Waals surface area contributed by atoms with Crippen LogP contribution in [0.5, 0.6) is 5.75 Å². The Morgan fingerprint density at radius 3 is 2.69 bits per heavy atom. The van der Waals surface area contributed by atoms with Gasteiger partial charge in [0.05, 0.1) is 11.6 Å². The second kappa shape index (κ2) is 6.30. The van der Waals surface area contributed by atoms with Gasteiger partial charge in [-0.05, 0) is 28.1 Å². The Morgan fingerprint density at radius 2 is 2.19 bits per heavy atom. The Labute approximate surface area is 112 Å². The van der Waals surface area contributed by atoms with Crippen LogP contribution in [0, 0.1) is 0 Å². The molecule has 3 N–H and O–H groups in total. The molecule has 0 radical (unpaired) electrons. The zero-order valence-electron chi connectivity index (χ0n) is 8.24. The molecule has 0 amide bonds. The average molecular weight is 331 g/mol. The number of benzene rings is 1. The van der Waals surface area contributed by atoms with Gasteiger partial charge in [0.15, 0.2) is 0 Å². The van der Waals surface area contributed by atoms with E-state index in [0.717, 1.165) is 0 Å². The van der Waals surface area contributed by atoms with E-state index in [0.29, 0.717) is 4.47 Å². The van der Waals surface area contributed by atoms with Crippen LogP contribution in [0.2, 0.25) is 5.02 Å². The van der Waals surface area contributed by atoms with Crippen LogP contribution < -0.4 is 5.73 Å². The predicted molar refractivity (Wildman–Crippen MR) is 67.0 cm³/mol. The lowest BCUT2D eigenvalue weighted by Gasteiger charge is -2.13. The highest BCUT2D eigenvalue weighted by Crippen LogP contribution is 2.36. The van der Waals surface area contributed by atoms with Gasteiger partial charge in [0, 0.05) is 10.6 Å². The number of esters is 1. The molecule has 0 saturated heterocycles. The van der Waals surface area contributed by atoms with Crippen LogP contribution in [0.3, 0.4) is 0 Å². The highest BCUT2D eigenvalue weighted by atomic mass is 79.9. The Hall–Kier alpha value is -0.490. The van der Waals surface area contributed by atoms with Crippen molar-refractivity contribution in [2.24, 2.45) is 5.73 Å². The number of methoxy groups -OCH3 is 1. The maximum atomic E-state index is 11.2. The lowest BCUT2D eigenvalue weighted by Crippen LogP contribution is -2.23. The van der Waals surface area contributed by atoms with Crippen molar-refractivity contribution < 1.29 is 14.6 Å². The summed E-state index contributed by atoms with van der Waals surface area (Å²) in [6, 6.07) is 1.99. The molecule has 0 bridgehead atoms. The van der Waals surface area contributed by atoms with Crippen LogP contribution in [0.15, 0.2) is 16.6 Å². The fourth-order valence-electron chi connectivity index (χ4n) is 1.10. The van der Waals surface area contributed by atoms with Crippen molar-refractivity contribution in [3.05, 3.63) is 27.2 Å². The topological polar surface area (TPSA) is 72.5 Å². The van der Waals surface area contributed by atoms with E-state index in [1.807, 2.05) is 0 Å². The van der Waals surface area contributed by atoms with Gasteiger partial charge in [0.25, 0.3) is 0 Å². The SMILES string of the molecule is COC(=O)[C@H](N)c1c(Cl)ccc(Br)c1O.Cl. The number of rotatable bonds is 2. The summed E-state index contributed by atoms with van der Waals surface area (Å²) in [7, 11) is 1.21. The third-order valence-corrected chi connectivity index (χ3v) is 2.85. The molecule has 0 aliphatic carbocycles. The van der Waals surface area contributed by atoms with Crippen LogP contribution in [-0.2, 0) is 9.53 Å². The van der Waals surface area contributed by atoms with Crippen LogP contribution in [0.4, 0.5) is 0 Å². The number of aromatic hydroxyl groups is 1. The molecule has 4 nitrogen and oxygen atoms in total. The molecule has 1 aromatic carbocycles. The molecule has 7 heteroatoms. The molecule has 0 aromatic heterocycles. The summed E-state index contributed by atoms with van der Waals surface area (Å²) in [6.45, 7) is 0. The summed E-state index contributed by atoms with van der Waals surface area (Å²) < 4.78 is 4.89. The number of ether oxygens (including phenoxy) is 1. The van der Waals surface area contributed by atoms with Gasteiger partial charge in [-0.2, -0.15) is 0 Å². The predicted octanol–water partition coefficient (Wildman–Crippen LogP) is 2.40. The van der Waals surface area contributed by atoms with E-state index in [-0.39, 0.29) is 28.7 Å². The molecule has 0 heterocycles. The number of nitrogens with two attached hydrogens (primary N) is 1. The molecule has 90 valence electrons. The summed E-state index contributed by atoms with van der Waals surface area (Å²) in [5.41, 5.74) is 5.73. The first-order valence-electron chi connectivity index (χ1n) is 3.99. The third kappa shape index (κ3) is 3.01. The van der Waals surface area contributed by atoms with Crippen molar-refractivity contribution in [3.63, 3.8) is 0 Å². The van der Waals surface area contributed by atoms with E-state index in [4.69, 9.17) is 17.3 Å². The van der Waals surface area contributed by atoms with Crippen molar-refractivity contribution >= 4 is 45.9 Å². The second-order valence-corrected chi connectivity index (χ2v) is 4.05. The second-order valence-electron chi connectivity index (χ2n) is 2.79. The Bertz CT molecular complexity index is 401. The van der Waals surface area contributed by atoms with Gasteiger partial charge in [-0.25, -0.2) is 0 Å². The monoisotopic (exact) mass is 329 g/mol. The molecule has 0 aliphatic rings. The fraction of sp³-hybridized carbons (Fsp3) is 0.222. The first-order chi connectivity index (χ1) is 6.99. The minimum Gasteiger partial charge on any atom is -0.506 e. The maximum absolute atomic E-state index is 11.2. The van der Waals surface area contributed by atoms with E-state index in [2.05, 4.69) is 20.7 Å². The Kier molecular flexibility index (Phi) is 6.10. The van der Waals surface area contributed by atoms with Gasteiger partial charge in [-0.1, -0.05) is 11.6 Å². The van der Waals surface area contributed by atoms with E-state index in [9.17, 15) is 9.90 Å². The molecule has 0 aliphatic heterocycles. The van der Waals surface area contributed by atoms with Crippen LogP contribution in [0.1, 0.15) is 11.6 Å². The van der Waals surface area contributed by atoms with Crippen molar-refractivity contribution in [2.75, 3.05) is 7.11 Å². The summed E-state index contributed by atoms with van der Waals surface area (Å²) in [5, 5.41) is 9.89. The van der Waals surface area contributed by atoms with Gasteiger partial charge >= 0.3 is 5.97 Å². The highest BCUT2D eigenvalue weighted by molar-refractivity contribution is 9.10. The molecule has 1 atom stereocenters. The first-order valence-corrected chi connectivity index (χ1v) is 5.16. The normalized spacial score (nSPS) is 11.5. The zero-order chi connectivity index (χ0) is 11.6. The van der Waals surface area contributed by atoms with E-state index in [1.165, 1.54) is 13.2 Å². The zero-order valence-corrected chi connectivity index (χ0v) is 11.4. The molecule has 16 heavy (non-hydrogen) atoms. The van der Waals surface area contributed by atoms with Crippen LogP contribution in [0.25, 0.3) is 0 Å². The van der Waals surface area contributed by atoms with Crippen molar-refractivity contribution in [2.45, 2.75) is 6.04 Å². The number of phenolic OH excluding ortho intramolecular Hbond substituents is 1. The van der Waals surface area contributed by atoms with Crippen molar-refractivity contribution in [3.8, 4) is 5.75 Å². The first kappa shape index (κ1) is 15.5. The summed E-state index contributed by atoms with van der Waals surface area (Å²) in [6.07, 6.45) is 0. The molecule has 0 spiro atoms. The smallest absolute Gasteiger partial charge is 0.327 e. The van der Waals surface area contributed by atoms with Crippen LogP contribution >= 0.6 is 39.9 Å². The molecule has 0 unspecified atom stereocenters.